The first-order valence-corrected chi connectivity index (χ1v) is 6.75. The van der Waals surface area contributed by atoms with Gasteiger partial charge < -0.3 is 10.4 Å². The minimum Gasteiger partial charge on any atom is -0.387 e. The van der Waals surface area contributed by atoms with Crippen LogP contribution < -0.4 is 5.32 Å². The van der Waals surface area contributed by atoms with Gasteiger partial charge in [0.1, 0.15) is 5.82 Å². The number of hydrogen-bond donors (Lipinski definition) is 2. The average Bonchev–Trinajstić information content (AvgIpc) is 2.41. The van der Waals surface area contributed by atoms with E-state index < -0.39 is 6.10 Å². The van der Waals surface area contributed by atoms with E-state index in [2.05, 4.69) is 26.1 Å². The maximum Gasteiger partial charge on any atom is 0.123 e. The van der Waals surface area contributed by atoms with Crippen molar-refractivity contribution in [3.8, 4) is 0 Å². The summed E-state index contributed by atoms with van der Waals surface area (Å²) >= 11 is 0. The van der Waals surface area contributed by atoms with Crippen molar-refractivity contribution in [1.82, 2.24) is 5.32 Å². The second kappa shape index (κ2) is 6.86. The monoisotopic (exact) mass is 253 g/mol. The molecule has 0 spiro atoms. The molecule has 1 aromatic carbocycles. The van der Waals surface area contributed by atoms with Crippen molar-refractivity contribution in [3.63, 3.8) is 0 Å². The van der Waals surface area contributed by atoms with E-state index in [0.29, 0.717) is 6.54 Å². The third-order valence-electron chi connectivity index (χ3n) is 3.96. The Labute approximate surface area is 109 Å². The van der Waals surface area contributed by atoms with Crippen LogP contribution in [0.2, 0.25) is 0 Å². The molecule has 3 heteroatoms. The van der Waals surface area contributed by atoms with Crippen LogP contribution in [0.5, 0.6) is 0 Å². The molecular weight excluding hydrogens is 229 g/mol. The Morgan fingerprint density at radius 1 is 1.11 bits per heavy atom. The molecule has 102 valence electrons. The van der Waals surface area contributed by atoms with Crippen LogP contribution in [-0.2, 0) is 0 Å². The number of rotatable bonds is 7. The maximum absolute atomic E-state index is 12.8. The zero-order valence-electron chi connectivity index (χ0n) is 11.5. The molecule has 0 aliphatic rings. The molecular formula is C15H24FNO. The molecule has 0 aromatic heterocycles. The van der Waals surface area contributed by atoms with Crippen LogP contribution in [0.1, 0.15) is 51.7 Å². The number of halogens is 1. The topological polar surface area (TPSA) is 32.3 Å². The fraction of sp³-hybridized carbons (Fsp3) is 0.600. The van der Waals surface area contributed by atoms with E-state index in [-0.39, 0.29) is 11.4 Å². The van der Waals surface area contributed by atoms with Crippen LogP contribution in [0.3, 0.4) is 0 Å². The minimum atomic E-state index is -0.588. The first-order chi connectivity index (χ1) is 8.56. The quantitative estimate of drug-likeness (QED) is 0.780. The van der Waals surface area contributed by atoms with Crippen molar-refractivity contribution in [2.75, 3.05) is 6.54 Å². The van der Waals surface area contributed by atoms with Gasteiger partial charge in [0.05, 0.1) is 6.10 Å². The number of hydrogen-bond acceptors (Lipinski definition) is 2. The third-order valence-corrected chi connectivity index (χ3v) is 3.96. The Morgan fingerprint density at radius 3 is 2.06 bits per heavy atom. The Morgan fingerprint density at radius 2 is 1.61 bits per heavy atom. The largest absolute Gasteiger partial charge is 0.387 e. The van der Waals surface area contributed by atoms with Crippen molar-refractivity contribution >= 4 is 0 Å². The number of nitrogens with one attached hydrogen (secondary N) is 1. The van der Waals surface area contributed by atoms with E-state index in [1.165, 1.54) is 12.1 Å². The van der Waals surface area contributed by atoms with E-state index >= 15 is 0 Å². The predicted molar refractivity (Wildman–Crippen MR) is 73.0 cm³/mol. The van der Waals surface area contributed by atoms with Gasteiger partial charge in [0, 0.05) is 12.1 Å². The predicted octanol–water partition coefficient (Wildman–Crippen LogP) is 3.42. The summed E-state index contributed by atoms with van der Waals surface area (Å²) in [6.07, 6.45) is 2.53. The van der Waals surface area contributed by atoms with Crippen LogP contribution in [0.15, 0.2) is 24.3 Å². The van der Waals surface area contributed by atoms with Crippen molar-refractivity contribution in [3.05, 3.63) is 35.6 Å². The Hall–Kier alpha value is -0.930. The normalized spacial score (nSPS) is 13.6. The molecule has 2 nitrogen and oxygen atoms in total. The van der Waals surface area contributed by atoms with Crippen molar-refractivity contribution < 1.29 is 9.50 Å². The third kappa shape index (κ3) is 3.79. The lowest BCUT2D eigenvalue weighted by Gasteiger charge is -2.33. The first kappa shape index (κ1) is 15.1. The zero-order valence-corrected chi connectivity index (χ0v) is 11.5. The summed E-state index contributed by atoms with van der Waals surface area (Å²) in [6, 6.07) is 6.02. The summed E-state index contributed by atoms with van der Waals surface area (Å²) in [6.45, 7) is 6.97. The molecule has 1 rings (SSSR count). The Balaban J connectivity index is 2.59. The minimum absolute atomic E-state index is 0.0982. The van der Waals surface area contributed by atoms with Gasteiger partial charge in [-0.05, 0) is 37.0 Å². The van der Waals surface area contributed by atoms with Crippen LogP contribution in [0.25, 0.3) is 0 Å². The van der Waals surface area contributed by atoms with Gasteiger partial charge in [0.15, 0.2) is 0 Å². The van der Waals surface area contributed by atoms with Crippen molar-refractivity contribution in [1.29, 1.82) is 0 Å². The fourth-order valence-corrected chi connectivity index (χ4v) is 2.24. The number of aliphatic hydroxyl groups is 1. The first-order valence-electron chi connectivity index (χ1n) is 6.75. The maximum atomic E-state index is 12.8. The second-order valence-electron chi connectivity index (χ2n) is 4.79. The molecule has 0 aliphatic carbocycles. The molecule has 0 amide bonds. The SMILES string of the molecule is CCC(CC)(CC)NCC(O)c1ccc(F)cc1. The second-order valence-corrected chi connectivity index (χ2v) is 4.79. The molecule has 0 saturated heterocycles. The number of β-amino-alcohol motifs (C(OH)–C–C–N with tert-alkyl or cyclic N) is 1. The highest BCUT2D eigenvalue weighted by Gasteiger charge is 2.24. The van der Waals surface area contributed by atoms with E-state index in [0.717, 1.165) is 24.8 Å². The molecule has 18 heavy (non-hydrogen) atoms. The van der Waals surface area contributed by atoms with Gasteiger partial charge in [-0.1, -0.05) is 32.9 Å². The molecule has 1 atom stereocenters. The van der Waals surface area contributed by atoms with E-state index in [4.69, 9.17) is 0 Å². The standard InChI is InChI=1S/C15H24FNO/c1-4-15(5-2,6-3)17-11-14(18)12-7-9-13(16)10-8-12/h7-10,14,17-18H,4-6,11H2,1-3H3. The average molecular weight is 253 g/mol. The van der Waals surface area contributed by atoms with E-state index in [9.17, 15) is 9.50 Å². The molecule has 0 aliphatic heterocycles. The van der Waals surface area contributed by atoms with Gasteiger partial charge >= 0.3 is 0 Å². The van der Waals surface area contributed by atoms with E-state index in [1.807, 2.05) is 0 Å². The molecule has 2 N–H and O–H groups in total. The van der Waals surface area contributed by atoms with Crippen LogP contribution in [0, 0.1) is 5.82 Å². The van der Waals surface area contributed by atoms with Gasteiger partial charge in [0.25, 0.3) is 0 Å². The van der Waals surface area contributed by atoms with Gasteiger partial charge in [-0.2, -0.15) is 0 Å². The van der Waals surface area contributed by atoms with Crippen molar-refractivity contribution in [2.24, 2.45) is 0 Å². The summed E-state index contributed by atoms with van der Waals surface area (Å²) in [5.74, 6) is -0.274. The summed E-state index contributed by atoms with van der Waals surface area (Å²) in [5, 5.41) is 13.5. The molecule has 0 radical (unpaired) electrons. The lowest BCUT2D eigenvalue weighted by molar-refractivity contribution is 0.150. The summed E-state index contributed by atoms with van der Waals surface area (Å²) in [5.41, 5.74) is 0.849. The molecule has 0 saturated carbocycles. The summed E-state index contributed by atoms with van der Waals surface area (Å²) < 4.78 is 12.8. The highest BCUT2D eigenvalue weighted by molar-refractivity contribution is 5.18. The fourth-order valence-electron chi connectivity index (χ4n) is 2.24. The number of aliphatic hydroxyl groups excluding tert-OH is 1. The van der Waals surface area contributed by atoms with Gasteiger partial charge in [0.2, 0.25) is 0 Å². The van der Waals surface area contributed by atoms with Gasteiger partial charge in [-0.15, -0.1) is 0 Å². The lowest BCUT2D eigenvalue weighted by Crippen LogP contribution is -2.45. The van der Waals surface area contributed by atoms with E-state index in [1.54, 1.807) is 12.1 Å². The molecule has 1 unspecified atom stereocenters. The van der Waals surface area contributed by atoms with Gasteiger partial charge in [-0.3, -0.25) is 0 Å². The molecule has 1 aromatic rings. The van der Waals surface area contributed by atoms with Crippen LogP contribution in [0.4, 0.5) is 4.39 Å². The zero-order chi connectivity index (χ0) is 13.6. The van der Waals surface area contributed by atoms with Crippen LogP contribution >= 0.6 is 0 Å². The summed E-state index contributed by atoms with van der Waals surface area (Å²) in [7, 11) is 0. The number of benzene rings is 1. The highest BCUT2D eigenvalue weighted by atomic mass is 19.1. The Kier molecular flexibility index (Phi) is 5.76. The van der Waals surface area contributed by atoms with Gasteiger partial charge in [-0.25, -0.2) is 4.39 Å². The molecule has 0 fully saturated rings. The molecule has 0 heterocycles. The summed E-state index contributed by atoms with van der Waals surface area (Å²) in [4.78, 5) is 0. The van der Waals surface area contributed by atoms with Crippen molar-refractivity contribution in [2.45, 2.75) is 51.7 Å². The molecule has 0 bridgehead atoms. The van der Waals surface area contributed by atoms with Crippen LogP contribution in [-0.4, -0.2) is 17.2 Å². The smallest absolute Gasteiger partial charge is 0.123 e. The lowest BCUT2D eigenvalue weighted by atomic mass is 9.89. The Bertz CT molecular complexity index is 338. The highest BCUT2D eigenvalue weighted by Crippen LogP contribution is 2.21.